The molecule has 0 aliphatic heterocycles. The fourth-order valence-electron chi connectivity index (χ4n) is 7.92. The van der Waals surface area contributed by atoms with Gasteiger partial charge in [0.05, 0.1) is 21.5 Å². The number of fused-ring (bicyclic) bond motifs is 9. The van der Waals surface area contributed by atoms with E-state index in [9.17, 15) is 0 Å². The smallest absolute Gasteiger partial charge is 0.167 e. The second-order valence-electron chi connectivity index (χ2n) is 14.0. The number of benzene rings is 7. The van der Waals surface area contributed by atoms with Gasteiger partial charge in [0.15, 0.2) is 23.3 Å². The molecule has 0 bridgehead atoms. The van der Waals surface area contributed by atoms with Crippen LogP contribution in [0.3, 0.4) is 0 Å². The van der Waals surface area contributed by atoms with Crippen molar-refractivity contribution in [2.45, 2.75) is 0 Å². The molecule has 5 heterocycles. The SMILES string of the molecule is c1ccc(-c2nc(-c3cccc4c3oc3ccccc34)nc(-c3cccc4sc5cc(-c6nc(-c7ccccc7)nc7c6sc6ccccc67)ccc5c34)n2)cc1. The zero-order valence-electron chi connectivity index (χ0n) is 30.0. The van der Waals surface area contributed by atoms with E-state index in [2.05, 4.69) is 84.9 Å². The van der Waals surface area contributed by atoms with Crippen molar-refractivity contribution in [1.82, 2.24) is 24.9 Å². The zero-order valence-corrected chi connectivity index (χ0v) is 31.7. The number of nitrogens with zero attached hydrogens (tertiary/aromatic N) is 5. The minimum absolute atomic E-state index is 0.563. The van der Waals surface area contributed by atoms with Crippen LogP contribution in [0.25, 0.3) is 119 Å². The van der Waals surface area contributed by atoms with Crippen molar-refractivity contribution in [2.24, 2.45) is 0 Å². The standard InChI is InChI=1S/C49H27N5OS2/c1-3-13-28(14-4-1)46-50-42(45-43(51-46)34-18-8-10-23-38(34)57-45)30-25-26-33-40(27-30)56-39-24-12-20-35(41(33)39)48-52-47(29-15-5-2-6-16-29)53-49(54-48)36-21-11-19-32-31-17-7-9-22-37(31)55-44(32)36/h1-27H. The lowest BCUT2D eigenvalue weighted by Crippen LogP contribution is -2.00. The molecule has 0 aliphatic rings. The molecule has 8 heteroatoms. The summed E-state index contributed by atoms with van der Waals surface area (Å²) >= 11 is 3.52. The predicted molar refractivity (Wildman–Crippen MR) is 236 cm³/mol. The van der Waals surface area contributed by atoms with Crippen LogP contribution in [0, 0.1) is 0 Å². The van der Waals surface area contributed by atoms with E-state index < -0.39 is 0 Å². The van der Waals surface area contributed by atoms with Crippen LogP contribution in [0.4, 0.5) is 0 Å². The van der Waals surface area contributed by atoms with E-state index in [1.165, 1.54) is 4.70 Å². The summed E-state index contributed by atoms with van der Waals surface area (Å²) in [6.45, 7) is 0. The molecule has 7 aromatic carbocycles. The van der Waals surface area contributed by atoms with Gasteiger partial charge in [-0.05, 0) is 30.3 Å². The van der Waals surface area contributed by atoms with Crippen molar-refractivity contribution in [3.8, 4) is 56.8 Å². The van der Waals surface area contributed by atoms with Crippen LogP contribution in [0.2, 0.25) is 0 Å². The second kappa shape index (κ2) is 12.7. The first-order valence-electron chi connectivity index (χ1n) is 18.7. The van der Waals surface area contributed by atoms with Gasteiger partial charge in [-0.3, -0.25) is 0 Å². The monoisotopic (exact) mass is 765 g/mol. The van der Waals surface area contributed by atoms with Crippen molar-refractivity contribution in [3.05, 3.63) is 164 Å². The highest BCUT2D eigenvalue weighted by Crippen LogP contribution is 2.44. The topological polar surface area (TPSA) is 77.6 Å². The van der Waals surface area contributed by atoms with Gasteiger partial charge in [-0.15, -0.1) is 22.7 Å². The Balaban J connectivity index is 1.06. The molecule has 0 saturated heterocycles. The third-order valence-corrected chi connectivity index (χ3v) is 12.9. The lowest BCUT2D eigenvalue weighted by Gasteiger charge is -2.10. The van der Waals surface area contributed by atoms with Gasteiger partial charge in [-0.2, -0.15) is 0 Å². The van der Waals surface area contributed by atoms with Gasteiger partial charge in [-0.25, -0.2) is 24.9 Å². The highest BCUT2D eigenvalue weighted by molar-refractivity contribution is 7.26. The van der Waals surface area contributed by atoms with Crippen LogP contribution in [0.15, 0.2) is 168 Å². The molecule has 0 atom stereocenters. The third kappa shape index (κ3) is 5.19. The van der Waals surface area contributed by atoms with Crippen molar-refractivity contribution in [3.63, 3.8) is 0 Å². The summed E-state index contributed by atoms with van der Waals surface area (Å²) in [5.41, 5.74) is 8.25. The fraction of sp³-hybridized carbons (Fsp3) is 0. The average Bonchev–Trinajstić information content (AvgIpc) is 3.97. The minimum Gasteiger partial charge on any atom is -0.455 e. The van der Waals surface area contributed by atoms with Gasteiger partial charge in [0.25, 0.3) is 0 Å². The van der Waals surface area contributed by atoms with Crippen LogP contribution in [-0.2, 0) is 0 Å². The van der Waals surface area contributed by atoms with E-state index in [0.29, 0.717) is 17.5 Å². The summed E-state index contributed by atoms with van der Waals surface area (Å²) in [4.78, 5) is 25.8. The molecule has 0 saturated carbocycles. The molecule has 6 nitrogen and oxygen atoms in total. The number of hydrogen-bond acceptors (Lipinski definition) is 8. The highest BCUT2D eigenvalue weighted by Gasteiger charge is 2.21. The summed E-state index contributed by atoms with van der Waals surface area (Å²) in [6, 6.07) is 56.2. The first kappa shape index (κ1) is 32.1. The van der Waals surface area contributed by atoms with E-state index in [1.54, 1.807) is 22.7 Å². The summed E-state index contributed by atoms with van der Waals surface area (Å²) in [6.07, 6.45) is 0. The number of aromatic nitrogens is 5. The number of furan rings is 1. The summed E-state index contributed by atoms with van der Waals surface area (Å²) in [5.74, 6) is 2.50. The summed E-state index contributed by atoms with van der Waals surface area (Å²) in [5, 5.41) is 5.49. The van der Waals surface area contributed by atoms with Crippen molar-refractivity contribution >= 4 is 85.1 Å². The summed E-state index contributed by atoms with van der Waals surface area (Å²) < 4.78 is 11.1. The average molecular weight is 766 g/mol. The predicted octanol–water partition coefficient (Wildman–Crippen LogP) is 13.6. The lowest BCUT2D eigenvalue weighted by molar-refractivity contribution is 0.669. The normalized spacial score (nSPS) is 11.9. The quantitative estimate of drug-likeness (QED) is 0.174. The summed E-state index contributed by atoms with van der Waals surface area (Å²) in [7, 11) is 0. The van der Waals surface area contributed by atoms with E-state index in [0.717, 1.165) is 97.0 Å². The number of hydrogen-bond donors (Lipinski definition) is 0. The zero-order chi connectivity index (χ0) is 37.5. The van der Waals surface area contributed by atoms with Gasteiger partial charge in [0, 0.05) is 63.3 Å². The Morgan fingerprint density at radius 3 is 1.84 bits per heavy atom. The Kier molecular flexibility index (Phi) is 7.17. The van der Waals surface area contributed by atoms with Crippen molar-refractivity contribution in [1.29, 1.82) is 0 Å². The van der Waals surface area contributed by atoms with Gasteiger partial charge in [-0.1, -0.05) is 133 Å². The highest BCUT2D eigenvalue weighted by atomic mass is 32.1. The van der Waals surface area contributed by atoms with E-state index >= 15 is 0 Å². The van der Waals surface area contributed by atoms with E-state index in [-0.39, 0.29) is 0 Å². The Labute approximate surface area is 333 Å². The molecule has 266 valence electrons. The first-order chi connectivity index (χ1) is 28.2. The third-order valence-electron chi connectivity index (χ3n) is 10.6. The molecule has 0 fully saturated rings. The minimum atomic E-state index is 0.563. The van der Waals surface area contributed by atoms with Crippen molar-refractivity contribution < 1.29 is 4.42 Å². The van der Waals surface area contributed by atoms with Gasteiger partial charge >= 0.3 is 0 Å². The second-order valence-corrected chi connectivity index (χ2v) is 16.1. The van der Waals surface area contributed by atoms with Crippen molar-refractivity contribution in [2.75, 3.05) is 0 Å². The van der Waals surface area contributed by atoms with Crippen LogP contribution >= 0.6 is 22.7 Å². The van der Waals surface area contributed by atoms with E-state index in [1.807, 2.05) is 78.9 Å². The molecule has 0 radical (unpaired) electrons. The Bertz CT molecular complexity index is 3540. The van der Waals surface area contributed by atoms with Crippen LogP contribution < -0.4 is 0 Å². The maximum Gasteiger partial charge on any atom is 0.167 e. The number of rotatable bonds is 5. The molecule has 12 rings (SSSR count). The molecule has 5 aromatic heterocycles. The maximum atomic E-state index is 6.46. The molecule has 12 aromatic rings. The lowest BCUT2D eigenvalue weighted by atomic mass is 10.0. The molecule has 57 heavy (non-hydrogen) atoms. The Morgan fingerprint density at radius 1 is 0.386 bits per heavy atom. The van der Waals surface area contributed by atoms with Gasteiger partial charge < -0.3 is 4.42 Å². The van der Waals surface area contributed by atoms with E-state index in [4.69, 9.17) is 29.3 Å². The largest absolute Gasteiger partial charge is 0.455 e. The first-order valence-corrected chi connectivity index (χ1v) is 20.3. The maximum absolute atomic E-state index is 6.46. The molecule has 0 aliphatic carbocycles. The molecular weight excluding hydrogens is 739 g/mol. The van der Waals surface area contributed by atoms with Gasteiger partial charge in [0.2, 0.25) is 0 Å². The van der Waals surface area contributed by atoms with Crippen LogP contribution in [0.5, 0.6) is 0 Å². The Morgan fingerprint density at radius 2 is 1.02 bits per heavy atom. The Hall–Kier alpha value is -7.13. The van der Waals surface area contributed by atoms with Crippen LogP contribution in [-0.4, -0.2) is 24.9 Å². The molecule has 0 amide bonds. The molecule has 0 spiro atoms. The van der Waals surface area contributed by atoms with Gasteiger partial charge in [0.1, 0.15) is 11.2 Å². The molecular formula is C49H27N5OS2. The fourth-order valence-corrected chi connectivity index (χ4v) is 10.2. The number of para-hydroxylation sites is 2. The number of thiophene rings is 2. The van der Waals surface area contributed by atoms with Crippen LogP contribution in [0.1, 0.15) is 0 Å². The molecule has 0 unspecified atom stereocenters. The molecule has 0 N–H and O–H groups in total.